The van der Waals surface area contributed by atoms with Crippen molar-refractivity contribution in [1.82, 2.24) is 14.9 Å². The number of benzene rings is 3. The zero-order valence-corrected chi connectivity index (χ0v) is 28.6. The normalized spacial score (nSPS) is 12.5. The Labute approximate surface area is 277 Å². The molecular weight excluding hydrogens is 615 g/mol. The summed E-state index contributed by atoms with van der Waals surface area (Å²) in [6.45, 7) is 7.62. The summed E-state index contributed by atoms with van der Waals surface area (Å²) in [7, 11) is -1.16. The smallest absolute Gasteiger partial charge is 0.148 e. The first-order valence-electron chi connectivity index (χ1n) is 16.0. The lowest BCUT2D eigenvalue weighted by Gasteiger charge is -2.33. The van der Waals surface area contributed by atoms with Gasteiger partial charge in [-0.1, -0.05) is 32.4 Å². The van der Waals surface area contributed by atoms with Gasteiger partial charge >= 0.3 is 0 Å². The first-order valence-corrected chi connectivity index (χ1v) is 18.1. The van der Waals surface area contributed by atoms with Crippen LogP contribution >= 0.6 is 0 Å². The molecule has 0 radical (unpaired) electrons. The summed E-state index contributed by atoms with van der Waals surface area (Å²) in [6, 6.07) is 22.7. The first-order chi connectivity index (χ1) is 22.5. The maximum Gasteiger partial charge on any atom is 0.148 e. The van der Waals surface area contributed by atoms with Gasteiger partial charge in [0, 0.05) is 35.5 Å². The number of anilines is 2. The molecule has 2 heterocycles. The summed E-state index contributed by atoms with van der Waals surface area (Å²) in [6.07, 6.45) is 5.78. The molecule has 47 heavy (non-hydrogen) atoms. The van der Waals surface area contributed by atoms with Gasteiger partial charge in [0.1, 0.15) is 51.7 Å². The monoisotopic (exact) mass is 658 g/mol. The molecule has 0 bridgehead atoms. The van der Waals surface area contributed by atoms with Crippen molar-refractivity contribution in [2.24, 2.45) is 0 Å². The van der Waals surface area contributed by atoms with Gasteiger partial charge in [-0.25, -0.2) is 22.8 Å². The second-order valence-electron chi connectivity index (χ2n) is 12.2. The molecule has 0 saturated carbocycles. The van der Waals surface area contributed by atoms with Crippen molar-refractivity contribution in [3.8, 4) is 17.1 Å². The van der Waals surface area contributed by atoms with Crippen LogP contribution in [0.15, 0.2) is 83.5 Å². The standard InChI is InChI=1S/C37H43FN4O4S/c1-6-9-30(7-2)42(31-13-16-35(26(3)20-31)45-24-27-10-8-11-29(38)21-27)37-33-22-28(12-15-34(33)39-25-40-37)36-17-14-32(46-36)23-41(4)18-19-47(5,43)44/h8,10-17,20-22,25,30H,6-7,9,18-19,23-24H2,1-5H3. The molecule has 10 heteroatoms. The van der Waals surface area contributed by atoms with Crippen LogP contribution in [0.5, 0.6) is 5.75 Å². The van der Waals surface area contributed by atoms with Crippen LogP contribution in [0.4, 0.5) is 15.9 Å². The Morgan fingerprint density at radius 1 is 1.00 bits per heavy atom. The lowest BCUT2D eigenvalue weighted by atomic mass is 10.0. The number of rotatable bonds is 15. The lowest BCUT2D eigenvalue weighted by Crippen LogP contribution is -2.31. The van der Waals surface area contributed by atoms with E-state index >= 15 is 0 Å². The number of sulfone groups is 1. The van der Waals surface area contributed by atoms with Crippen LogP contribution in [0.3, 0.4) is 0 Å². The van der Waals surface area contributed by atoms with E-state index < -0.39 is 9.84 Å². The highest BCUT2D eigenvalue weighted by atomic mass is 32.2. The van der Waals surface area contributed by atoms with Crippen molar-refractivity contribution in [1.29, 1.82) is 0 Å². The van der Waals surface area contributed by atoms with Gasteiger partial charge in [0.15, 0.2) is 0 Å². The second-order valence-corrected chi connectivity index (χ2v) is 14.4. The van der Waals surface area contributed by atoms with Crippen LogP contribution in [-0.2, 0) is 23.0 Å². The van der Waals surface area contributed by atoms with Gasteiger partial charge in [-0.2, -0.15) is 0 Å². The predicted octanol–water partition coefficient (Wildman–Crippen LogP) is 8.11. The predicted molar refractivity (Wildman–Crippen MR) is 186 cm³/mol. The number of ether oxygens (including phenoxy) is 1. The van der Waals surface area contributed by atoms with Gasteiger partial charge in [-0.05, 0) is 98.6 Å². The first kappa shape index (κ1) is 34.1. The van der Waals surface area contributed by atoms with Crippen LogP contribution < -0.4 is 9.64 Å². The molecular formula is C37H43FN4O4S. The molecule has 0 aliphatic carbocycles. The Morgan fingerprint density at radius 2 is 1.83 bits per heavy atom. The number of aryl methyl sites for hydroxylation is 1. The molecule has 0 spiro atoms. The highest BCUT2D eigenvalue weighted by molar-refractivity contribution is 7.90. The van der Waals surface area contributed by atoms with E-state index in [2.05, 4.69) is 41.9 Å². The summed E-state index contributed by atoms with van der Waals surface area (Å²) in [5.74, 6) is 2.85. The average Bonchev–Trinajstić information content (AvgIpc) is 3.51. The molecule has 5 aromatic rings. The van der Waals surface area contributed by atoms with Crippen molar-refractivity contribution in [3.05, 3.63) is 102 Å². The number of hydrogen-bond acceptors (Lipinski definition) is 8. The third kappa shape index (κ3) is 8.75. The number of hydrogen-bond donors (Lipinski definition) is 0. The van der Waals surface area contributed by atoms with Crippen molar-refractivity contribution in [2.45, 2.75) is 59.2 Å². The van der Waals surface area contributed by atoms with Crippen LogP contribution in [0, 0.1) is 12.7 Å². The molecule has 248 valence electrons. The largest absolute Gasteiger partial charge is 0.489 e. The minimum atomic E-state index is -3.04. The molecule has 1 atom stereocenters. The van der Waals surface area contributed by atoms with E-state index in [-0.39, 0.29) is 24.2 Å². The molecule has 0 N–H and O–H groups in total. The molecule has 5 rings (SSSR count). The zero-order chi connectivity index (χ0) is 33.6. The number of nitrogens with zero attached hydrogens (tertiary/aromatic N) is 4. The quantitative estimate of drug-likeness (QED) is 0.112. The Morgan fingerprint density at radius 3 is 2.55 bits per heavy atom. The summed E-state index contributed by atoms with van der Waals surface area (Å²) in [5, 5.41) is 0.909. The van der Waals surface area contributed by atoms with Gasteiger partial charge in [-0.15, -0.1) is 0 Å². The van der Waals surface area contributed by atoms with Gasteiger partial charge in [-0.3, -0.25) is 4.90 Å². The third-order valence-corrected chi connectivity index (χ3v) is 9.16. The van der Waals surface area contributed by atoms with Crippen LogP contribution in [-0.4, -0.2) is 54.9 Å². The van der Waals surface area contributed by atoms with Crippen LogP contribution in [0.1, 0.15) is 50.0 Å². The average molecular weight is 659 g/mol. The third-order valence-electron chi connectivity index (χ3n) is 8.24. The Balaban J connectivity index is 1.46. The molecule has 0 aliphatic rings. The molecule has 0 fully saturated rings. The highest BCUT2D eigenvalue weighted by Gasteiger charge is 2.24. The van der Waals surface area contributed by atoms with Crippen LogP contribution in [0.25, 0.3) is 22.2 Å². The minimum Gasteiger partial charge on any atom is -0.489 e. The fraction of sp³-hybridized carbons (Fsp3) is 0.351. The Kier molecular flexibility index (Phi) is 10.9. The SMILES string of the molecule is CCCC(CC)N(c1ccc(OCc2cccc(F)c2)c(C)c1)c1ncnc2ccc(-c3ccc(CN(C)CCS(C)(=O)=O)o3)cc12. The molecule has 0 amide bonds. The maximum atomic E-state index is 13.7. The number of aromatic nitrogens is 2. The fourth-order valence-corrected chi connectivity index (χ4v) is 6.40. The van der Waals surface area contributed by atoms with Crippen molar-refractivity contribution in [3.63, 3.8) is 0 Å². The summed E-state index contributed by atoms with van der Waals surface area (Å²) in [5.41, 5.74) is 4.48. The lowest BCUT2D eigenvalue weighted by molar-refractivity contribution is 0.303. The maximum absolute atomic E-state index is 13.7. The second kappa shape index (κ2) is 15.1. The van der Waals surface area contributed by atoms with E-state index in [9.17, 15) is 12.8 Å². The van der Waals surface area contributed by atoms with E-state index in [1.165, 1.54) is 18.4 Å². The number of halogens is 1. The van der Waals surface area contributed by atoms with Gasteiger partial charge in [0.05, 0.1) is 17.8 Å². The Bertz CT molecular complexity index is 1930. The number of fused-ring (bicyclic) bond motifs is 1. The fourth-order valence-electron chi connectivity index (χ4n) is 5.76. The van der Waals surface area contributed by atoms with E-state index in [1.807, 2.05) is 55.3 Å². The summed E-state index contributed by atoms with van der Waals surface area (Å²) in [4.78, 5) is 13.7. The van der Waals surface area contributed by atoms with Gasteiger partial charge < -0.3 is 14.1 Å². The molecule has 0 aliphatic heterocycles. The van der Waals surface area contributed by atoms with Gasteiger partial charge in [0.25, 0.3) is 0 Å². The van der Waals surface area contributed by atoms with Crippen molar-refractivity contribution >= 4 is 32.2 Å². The van der Waals surface area contributed by atoms with E-state index in [0.29, 0.717) is 13.1 Å². The highest BCUT2D eigenvalue weighted by Crippen LogP contribution is 2.37. The number of furan rings is 1. The molecule has 1 unspecified atom stereocenters. The van der Waals surface area contributed by atoms with Crippen molar-refractivity contribution in [2.75, 3.05) is 30.5 Å². The van der Waals surface area contributed by atoms with Gasteiger partial charge in [0.2, 0.25) is 0 Å². The van der Waals surface area contributed by atoms with E-state index in [1.54, 1.807) is 12.4 Å². The summed E-state index contributed by atoms with van der Waals surface area (Å²) < 4.78 is 49.2. The van der Waals surface area contributed by atoms with Crippen LogP contribution in [0.2, 0.25) is 0 Å². The summed E-state index contributed by atoms with van der Waals surface area (Å²) >= 11 is 0. The minimum absolute atomic E-state index is 0.0992. The topological polar surface area (TPSA) is 88.8 Å². The van der Waals surface area contributed by atoms with Crippen molar-refractivity contribution < 1.29 is 22.0 Å². The molecule has 2 aromatic heterocycles. The van der Waals surface area contributed by atoms with E-state index in [0.717, 1.165) is 75.6 Å². The van der Waals surface area contributed by atoms with E-state index in [4.69, 9.17) is 14.1 Å². The Hall–Kier alpha value is -4.28. The molecule has 3 aromatic carbocycles. The molecule has 8 nitrogen and oxygen atoms in total. The zero-order valence-electron chi connectivity index (χ0n) is 27.7. The molecule has 0 saturated heterocycles.